The number of rotatable bonds is 2. The van der Waals surface area contributed by atoms with E-state index in [1.165, 1.54) is 4.90 Å². The molecule has 26 heavy (non-hydrogen) atoms. The first-order valence-electron chi connectivity index (χ1n) is 8.94. The minimum atomic E-state index is -0.380. The second kappa shape index (κ2) is 6.27. The summed E-state index contributed by atoms with van der Waals surface area (Å²) in [4.78, 5) is 27.7. The fourth-order valence-electron chi connectivity index (χ4n) is 4.25. The lowest BCUT2D eigenvalue weighted by Gasteiger charge is -2.48. The number of likely N-dealkylation sites (N-methyl/N-ethyl adjacent to an activating group) is 1. The van der Waals surface area contributed by atoms with Crippen LogP contribution in [0.1, 0.15) is 27.2 Å². The Hall–Kier alpha value is -2.08. The second-order valence-electron chi connectivity index (χ2n) is 7.95. The number of methoxy groups -OCH3 is 1. The van der Waals surface area contributed by atoms with Crippen molar-refractivity contribution in [1.82, 2.24) is 9.80 Å². The van der Waals surface area contributed by atoms with Crippen LogP contribution in [0.4, 0.5) is 4.79 Å². The summed E-state index contributed by atoms with van der Waals surface area (Å²) in [6.07, 6.45) is 3.82. The van der Waals surface area contributed by atoms with Crippen molar-refractivity contribution in [2.45, 2.75) is 39.4 Å². The first kappa shape index (κ1) is 18.7. The average molecular weight is 360 g/mol. The van der Waals surface area contributed by atoms with Gasteiger partial charge in [0.15, 0.2) is 0 Å². The summed E-state index contributed by atoms with van der Waals surface area (Å²) in [6.45, 7) is 6.17. The highest BCUT2D eigenvalue weighted by Crippen LogP contribution is 2.54. The van der Waals surface area contributed by atoms with E-state index in [1.807, 2.05) is 20.0 Å². The van der Waals surface area contributed by atoms with E-state index >= 15 is 0 Å². The Morgan fingerprint density at radius 2 is 2.04 bits per heavy atom. The highest BCUT2D eigenvalue weighted by Gasteiger charge is 2.51. The monoisotopic (exact) mass is 360 g/mol. The third kappa shape index (κ3) is 2.58. The van der Waals surface area contributed by atoms with Crippen LogP contribution in [0, 0.1) is 11.3 Å². The number of ether oxygens (including phenoxy) is 2. The summed E-state index contributed by atoms with van der Waals surface area (Å²) < 4.78 is 11.4. The van der Waals surface area contributed by atoms with E-state index in [-0.39, 0.29) is 35.5 Å². The topological polar surface area (TPSA) is 59.1 Å². The van der Waals surface area contributed by atoms with E-state index in [0.717, 1.165) is 28.8 Å². The molecule has 0 radical (unpaired) electrons. The Kier molecular flexibility index (Phi) is 4.51. The number of allylic oxidation sites excluding steroid dienone is 3. The Morgan fingerprint density at radius 3 is 2.62 bits per heavy atom. The van der Waals surface area contributed by atoms with Gasteiger partial charge in [0.05, 0.1) is 0 Å². The molecule has 0 N–H and O–H groups in total. The molecular weight excluding hydrogens is 332 g/mol. The number of hydrogen-bond acceptors (Lipinski definition) is 4. The predicted molar refractivity (Wildman–Crippen MR) is 98.3 cm³/mol. The van der Waals surface area contributed by atoms with Gasteiger partial charge in [0.1, 0.15) is 12.2 Å². The Labute approximate surface area is 155 Å². The molecule has 2 amide bonds. The SMILES string of the molecule is CO[C@@H]1C=C2C=C3C(=C(C)C(=O)N3C)C[C@]2(C)[C@@H](C)[C@H]1OC(=O)N(C)C. The number of hydrogen-bond donors (Lipinski definition) is 0. The van der Waals surface area contributed by atoms with Crippen molar-refractivity contribution in [3.05, 3.63) is 34.6 Å². The van der Waals surface area contributed by atoms with Gasteiger partial charge in [-0.05, 0) is 36.6 Å². The zero-order valence-electron chi connectivity index (χ0n) is 16.6. The molecule has 0 aromatic heterocycles. The van der Waals surface area contributed by atoms with Crippen molar-refractivity contribution < 1.29 is 19.1 Å². The first-order valence-corrected chi connectivity index (χ1v) is 8.94. The molecule has 2 aliphatic carbocycles. The quantitative estimate of drug-likeness (QED) is 0.760. The number of fused-ring (bicyclic) bond motifs is 2. The van der Waals surface area contributed by atoms with Crippen LogP contribution in [0.2, 0.25) is 0 Å². The molecule has 0 saturated heterocycles. The summed E-state index contributed by atoms with van der Waals surface area (Å²) >= 11 is 0. The number of carbonyl (C=O) groups is 2. The highest BCUT2D eigenvalue weighted by atomic mass is 16.6. The van der Waals surface area contributed by atoms with Crippen LogP contribution in [-0.4, -0.2) is 62.3 Å². The summed E-state index contributed by atoms with van der Waals surface area (Å²) in [5.41, 5.74) is 3.79. The minimum absolute atomic E-state index is 0.0375. The Bertz CT molecular complexity index is 749. The summed E-state index contributed by atoms with van der Waals surface area (Å²) in [6, 6.07) is 0. The molecule has 3 aliphatic rings. The minimum Gasteiger partial charge on any atom is -0.443 e. The molecule has 6 heteroatoms. The molecule has 0 fully saturated rings. The Balaban J connectivity index is 2.05. The standard InChI is InChI=1S/C20H28N2O4/c1-11-14-10-20(3)12(2)17(26-19(24)21(4)5)16(25-7)9-13(20)8-15(14)22(6)18(11)23/h8-9,12,16-17H,10H2,1-7H3/t12-,16+,17+,20+/m0/s1. The van der Waals surface area contributed by atoms with Gasteiger partial charge in [0, 0.05) is 50.9 Å². The zero-order valence-corrected chi connectivity index (χ0v) is 16.6. The molecule has 142 valence electrons. The third-order valence-electron chi connectivity index (χ3n) is 6.28. The number of amides is 2. The maximum Gasteiger partial charge on any atom is 0.409 e. The van der Waals surface area contributed by atoms with E-state index in [0.29, 0.717) is 0 Å². The van der Waals surface area contributed by atoms with E-state index in [9.17, 15) is 9.59 Å². The third-order valence-corrected chi connectivity index (χ3v) is 6.28. The lowest BCUT2D eigenvalue weighted by molar-refractivity contribution is -0.123. The Morgan fingerprint density at radius 1 is 1.38 bits per heavy atom. The van der Waals surface area contributed by atoms with Gasteiger partial charge in [-0.3, -0.25) is 4.79 Å². The van der Waals surface area contributed by atoms with Gasteiger partial charge < -0.3 is 19.3 Å². The number of nitrogens with zero attached hydrogens (tertiary/aromatic N) is 2. The zero-order chi connectivity index (χ0) is 19.4. The molecule has 0 bridgehead atoms. The highest BCUT2D eigenvalue weighted by molar-refractivity contribution is 6.00. The summed E-state index contributed by atoms with van der Waals surface area (Å²) in [5.74, 6) is 0.0936. The molecule has 0 aromatic carbocycles. The van der Waals surface area contributed by atoms with Crippen LogP contribution in [0.25, 0.3) is 0 Å². The van der Waals surface area contributed by atoms with Crippen molar-refractivity contribution in [3.8, 4) is 0 Å². The fourth-order valence-corrected chi connectivity index (χ4v) is 4.25. The first-order chi connectivity index (χ1) is 12.1. The molecule has 0 spiro atoms. The normalized spacial score (nSPS) is 33.4. The van der Waals surface area contributed by atoms with Crippen LogP contribution >= 0.6 is 0 Å². The smallest absolute Gasteiger partial charge is 0.409 e. The molecule has 6 nitrogen and oxygen atoms in total. The average Bonchev–Trinajstić information content (AvgIpc) is 2.80. The van der Waals surface area contributed by atoms with E-state index < -0.39 is 0 Å². The molecule has 4 atom stereocenters. The van der Waals surface area contributed by atoms with E-state index in [4.69, 9.17) is 9.47 Å². The summed E-state index contributed by atoms with van der Waals surface area (Å²) in [7, 11) is 6.79. The van der Waals surface area contributed by atoms with Crippen molar-refractivity contribution >= 4 is 12.0 Å². The van der Waals surface area contributed by atoms with Crippen LogP contribution in [0.3, 0.4) is 0 Å². The van der Waals surface area contributed by atoms with Crippen molar-refractivity contribution in [1.29, 1.82) is 0 Å². The van der Waals surface area contributed by atoms with Crippen LogP contribution < -0.4 is 0 Å². The van der Waals surface area contributed by atoms with Gasteiger partial charge in [-0.15, -0.1) is 0 Å². The van der Waals surface area contributed by atoms with Gasteiger partial charge >= 0.3 is 6.09 Å². The van der Waals surface area contributed by atoms with Crippen LogP contribution in [0.15, 0.2) is 34.6 Å². The molecular formula is C20H28N2O4. The van der Waals surface area contributed by atoms with Crippen LogP contribution in [-0.2, 0) is 14.3 Å². The van der Waals surface area contributed by atoms with Crippen LogP contribution in [0.5, 0.6) is 0 Å². The molecule has 1 aliphatic heterocycles. The predicted octanol–water partition coefficient (Wildman–Crippen LogP) is 2.73. The van der Waals surface area contributed by atoms with Gasteiger partial charge in [0.2, 0.25) is 0 Å². The maximum atomic E-state index is 12.4. The molecule has 0 aromatic rings. The van der Waals surface area contributed by atoms with Crippen molar-refractivity contribution in [2.24, 2.45) is 11.3 Å². The maximum absolute atomic E-state index is 12.4. The van der Waals surface area contributed by atoms with E-state index in [2.05, 4.69) is 19.9 Å². The van der Waals surface area contributed by atoms with Gasteiger partial charge in [-0.1, -0.05) is 13.8 Å². The fraction of sp³-hybridized carbons (Fsp3) is 0.600. The molecule has 0 unspecified atom stereocenters. The lowest BCUT2D eigenvalue weighted by Crippen LogP contribution is -2.50. The molecule has 3 rings (SSSR count). The van der Waals surface area contributed by atoms with Crippen molar-refractivity contribution in [3.63, 3.8) is 0 Å². The molecule has 0 saturated carbocycles. The lowest BCUT2D eigenvalue weighted by atomic mass is 9.59. The largest absolute Gasteiger partial charge is 0.443 e. The van der Waals surface area contributed by atoms with Gasteiger partial charge in [0.25, 0.3) is 5.91 Å². The second-order valence-corrected chi connectivity index (χ2v) is 7.95. The van der Waals surface area contributed by atoms with Crippen molar-refractivity contribution in [2.75, 3.05) is 28.3 Å². The number of carbonyl (C=O) groups excluding carboxylic acids is 2. The van der Waals surface area contributed by atoms with Gasteiger partial charge in [-0.2, -0.15) is 0 Å². The van der Waals surface area contributed by atoms with E-state index in [1.54, 1.807) is 26.1 Å². The summed E-state index contributed by atoms with van der Waals surface area (Å²) in [5, 5.41) is 0. The molecule has 1 heterocycles. The van der Waals surface area contributed by atoms with Gasteiger partial charge in [-0.25, -0.2) is 4.79 Å².